The maximum atomic E-state index is 11.8. The van der Waals surface area contributed by atoms with Crippen LogP contribution in [0, 0.1) is 0 Å². The summed E-state index contributed by atoms with van der Waals surface area (Å²) in [4.78, 5) is 15.8. The van der Waals surface area contributed by atoms with Crippen molar-refractivity contribution in [2.45, 2.75) is 13.2 Å². The fraction of sp³-hybridized carbons (Fsp3) is 0.286. The monoisotopic (exact) mass is 259 g/mol. The number of ether oxygens (including phenoxy) is 1. The van der Waals surface area contributed by atoms with Crippen molar-refractivity contribution in [2.24, 2.45) is 7.05 Å². The van der Waals surface area contributed by atoms with Gasteiger partial charge in [0.2, 0.25) is 0 Å². The molecule has 100 valence electrons. The van der Waals surface area contributed by atoms with Crippen LogP contribution in [-0.4, -0.2) is 16.7 Å². The number of nitrogens with zero attached hydrogens (tertiary/aromatic N) is 2. The summed E-state index contributed by atoms with van der Waals surface area (Å²) in [5, 5.41) is 3.05. The lowest BCUT2D eigenvalue weighted by molar-refractivity contribution is 0.185. The van der Waals surface area contributed by atoms with E-state index in [1.165, 1.54) is 4.57 Å². The molecule has 0 amide bonds. The minimum absolute atomic E-state index is 0.129. The first-order valence-corrected chi connectivity index (χ1v) is 6.03. The van der Waals surface area contributed by atoms with Crippen LogP contribution in [0.5, 0.6) is 0 Å². The van der Waals surface area contributed by atoms with Gasteiger partial charge in [-0.25, -0.2) is 4.98 Å². The van der Waals surface area contributed by atoms with E-state index in [9.17, 15) is 4.79 Å². The van der Waals surface area contributed by atoms with E-state index in [2.05, 4.69) is 10.3 Å². The number of anilines is 1. The lowest BCUT2D eigenvalue weighted by Crippen LogP contribution is -2.21. The number of nitrogens with one attached hydrogen (secondary N) is 1. The number of rotatable bonds is 5. The second-order valence-corrected chi connectivity index (χ2v) is 4.30. The van der Waals surface area contributed by atoms with Gasteiger partial charge in [-0.3, -0.25) is 4.79 Å². The molecule has 1 heterocycles. The molecule has 5 nitrogen and oxygen atoms in total. The summed E-state index contributed by atoms with van der Waals surface area (Å²) in [6, 6.07) is 8.03. The van der Waals surface area contributed by atoms with Gasteiger partial charge in [-0.1, -0.05) is 24.3 Å². The largest absolute Gasteiger partial charge is 0.380 e. The number of aryl methyl sites for hydroxylation is 1. The molecule has 0 fully saturated rings. The zero-order valence-corrected chi connectivity index (χ0v) is 11.1. The number of hydrogen-bond donors (Lipinski definition) is 1. The summed E-state index contributed by atoms with van der Waals surface area (Å²) in [5.41, 5.74) is 2.06. The fourth-order valence-electron chi connectivity index (χ4n) is 1.80. The van der Waals surface area contributed by atoms with Crippen LogP contribution in [0.15, 0.2) is 41.5 Å². The molecule has 0 saturated heterocycles. The molecule has 0 aliphatic carbocycles. The molecule has 0 bridgehead atoms. The van der Waals surface area contributed by atoms with Crippen LogP contribution < -0.4 is 10.9 Å². The van der Waals surface area contributed by atoms with Crippen LogP contribution in [0.25, 0.3) is 0 Å². The van der Waals surface area contributed by atoms with Gasteiger partial charge < -0.3 is 14.6 Å². The molecule has 0 radical (unpaired) electrons. The van der Waals surface area contributed by atoms with Crippen LogP contribution in [-0.2, 0) is 24.9 Å². The van der Waals surface area contributed by atoms with E-state index >= 15 is 0 Å². The van der Waals surface area contributed by atoms with Gasteiger partial charge in [-0.15, -0.1) is 0 Å². The van der Waals surface area contributed by atoms with Gasteiger partial charge in [0, 0.05) is 33.1 Å². The van der Waals surface area contributed by atoms with Crippen molar-refractivity contribution >= 4 is 5.82 Å². The Morgan fingerprint density at radius 2 is 2.16 bits per heavy atom. The van der Waals surface area contributed by atoms with Crippen molar-refractivity contribution in [1.29, 1.82) is 0 Å². The smallest absolute Gasteiger partial charge is 0.293 e. The average molecular weight is 259 g/mol. The molecule has 0 saturated carbocycles. The van der Waals surface area contributed by atoms with Crippen molar-refractivity contribution in [3.63, 3.8) is 0 Å². The first-order chi connectivity index (χ1) is 9.20. The summed E-state index contributed by atoms with van der Waals surface area (Å²) in [6.45, 7) is 1.14. The quantitative estimate of drug-likeness (QED) is 0.885. The Labute approximate surface area is 111 Å². The molecule has 2 rings (SSSR count). The van der Waals surface area contributed by atoms with Gasteiger partial charge in [-0.05, 0) is 11.1 Å². The van der Waals surface area contributed by atoms with E-state index in [-0.39, 0.29) is 5.56 Å². The molecule has 5 heteroatoms. The molecule has 0 atom stereocenters. The first-order valence-electron chi connectivity index (χ1n) is 6.03. The highest BCUT2D eigenvalue weighted by molar-refractivity contribution is 5.33. The van der Waals surface area contributed by atoms with Crippen LogP contribution in [0.1, 0.15) is 11.1 Å². The van der Waals surface area contributed by atoms with E-state index < -0.39 is 0 Å². The molecule has 0 aliphatic rings. The molecular formula is C14H17N3O2. The van der Waals surface area contributed by atoms with Gasteiger partial charge in [0.25, 0.3) is 5.56 Å². The molecule has 0 spiro atoms. The Balaban J connectivity index is 2.08. The number of methoxy groups -OCH3 is 1. The van der Waals surface area contributed by atoms with E-state index in [0.29, 0.717) is 19.0 Å². The predicted octanol–water partition coefficient (Wildman–Crippen LogP) is 1.54. The highest BCUT2D eigenvalue weighted by atomic mass is 16.5. The highest BCUT2D eigenvalue weighted by Crippen LogP contribution is 2.07. The number of aromatic nitrogens is 2. The van der Waals surface area contributed by atoms with Gasteiger partial charge in [0.05, 0.1) is 6.61 Å². The zero-order chi connectivity index (χ0) is 13.7. The van der Waals surface area contributed by atoms with Gasteiger partial charge >= 0.3 is 0 Å². The van der Waals surface area contributed by atoms with Crippen molar-refractivity contribution in [3.8, 4) is 0 Å². The zero-order valence-electron chi connectivity index (χ0n) is 11.1. The Kier molecular flexibility index (Phi) is 4.30. The standard InChI is InChI=1S/C14H17N3O2/c1-17-7-6-15-13(14(17)18)16-9-11-4-3-5-12(8-11)10-19-2/h3-8H,9-10H2,1-2H3,(H,15,16). The highest BCUT2D eigenvalue weighted by Gasteiger charge is 2.02. The van der Waals surface area contributed by atoms with Gasteiger partial charge in [-0.2, -0.15) is 0 Å². The second kappa shape index (κ2) is 6.15. The first kappa shape index (κ1) is 13.3. The summed E-state index contributed by atoms with van der Waals surface area (Å²) >= 11 is 0. The molecule has 2 aromatic rings. The second-order valence-electron chi connectivity index (χ2n) is 4.30. The molecule has 1 aromatic heterocycles. The number of benzene rings is 1. The average Bonchev–Trinajstić information content (AvgIpc) is 2.41. The van der Waals surface area contributed by atoms with E-state index in [4.69, 9.17) is 4.74 Å². The molecule has 1 aromatic carbocycles. The van der Waals surface area contributed by atoms with Crippen molar-refractivity contribution in [2.75, 3.05) is 12.4 Å². The summed E-state index contributed by atoms with van der Waals surface area (Å²) in [7, 11) is 3.37. The molecule has 0 unspecified atom stereocenters. The molecule has 1 N–H and O–H groups in total. The Bertz CT molecular complexity index is 608. The van der Waals surface area contributed by atoms with Crippen molar-refractivity contribution in [1.82, 2.24) is 9.55 Å². The third kappa shape index (κ3) is 3.42. The summed E-state index contributed by atoms with van der Waals surface area (Å²) in [6.07, 6.45) is 3.23. The maximum absolute atomic E-state index is 11.8. The van der Waals surface area contributed by atoms with Gasteiger partial charge in [0.1, 0.15) is 0 Å². The van der Waals surface area contributed by atoms with Crippen LogP contribution in [0.3, 0.4) is 0 Å². The van der Waals surface area contributed by atoms with Crippen LogP contribution in [0.2, 0.25) is 0 Å². The normalized spacial score (nSPS) is 10.4. The van der Waals surface area contributed by atoms with E-state index in [1.807, 2.05) is 24.3 Å². The van der Waals surface area contributed by atoms with Crippen LogP contribution >= 0.6 is 0 Å². The maximum Gasteiger partial charge on any atom is 0.293 e. The van der Waals surface area contributed by atoms with Crippen molar-refractivity contribution < 1.29 is 4.74 Å². The SMILES string of the molecule is COCc1cccc(CNc2nccn(C)c2=O)c1. The topological polar surface area (TPSA) is 56.1 Å². The minimum atomic E-state index is -0.129. The number of hydrogen-bond acceptors (Lipinski definition) is 4. The lowest BCUT2D eigenvalue weighted by Gasteiger charge is -2.07. The predicted molar refractivity (Wildman–Crippen MR) is 74.0 cm³/mol. The Hall–Kier alpha value is -2.14. The fourth-order valence-corrected chi connectivity index (χ4v) is 1.80. The van der Waals surface area contributed by atoms with E-state index in [0.717, 1.165) is 11.1 Å². The minimum Gasteiger partial charge on any atom is -0.380 e. The van der Waals surface area contributed by atoms with E-state index in [1.54, 1.807) is 26.6 Å². The van der Waals surface area contributed by atoms with Gasteiger partial charge in [0.15, 0.2) is 5.82 Å². The summed E-state index contributed by atoms with van der Waals surface area (Å²) < 4.78 is 6.59. The van der Waals surface area contributed by atoms with Crippen molar-refractivity contribution in [3.05, 3.63) is 58.1 Å². The third-order valence-corrected chi connectivity index (χ3v) is 2.78. The lowest BCUT2D eigenvalue weighted by atomic mass is 10.1. The molecule has 0 aliphatic heterocycles. The molecular weight excluding hydrogens is 242 g/mol. The van der Waals surface area contributed by atoms with Crippen LogP contribution in [0.4, 0.5) is 5.82 Å². The Morgan fingerprint density at radius 3 is 2.95 bits per heavy atom. The summed E-state index contributed by atoms with van der Waals surface area (Å²) in [5.74, 6) is 0.363. The Morgan fingerprint density at radius 1 is 1.37 bits per heavy atom. The third-order valence-electron chi connectivity index (χ3n) is 2.78. The molecule has 19 heavy (non-hydrogen) atoms.